The van der Waals surface area contributed by atoms with Crippen LogP contribution in [0, 0.1) is 0 Å². The molecule has 0 radical (unpaired) electrons. The SMILES string of the molecule is CCn1ncc2c(Cl)c(Br)ccc21. The monoisotopic (exact) mass is 258 g/mol. The van der Waals surface area contributed by atoms with Gasteiger partial charge in [-0.1, -0.05) is 11.6 Å². The van der Waals surface area contributed by atoms with Gasteiger partial charge < -0.3 is 0 Å². The van der Waals surface area contributed by atoms with Crippen molar-refractivity contribution in [3.8, 4) is 0 Å². The molecule has 0 atom stereocenters. The van der Waals surface area contributed by atoms with Gasteiger partial charge in [0.2, 0.25) is 0 Å². The predicted molar refractivity (Wildman–Crippen MR) is 58.1 cm³/mol. The third-order valence-corrected chi connectivity index (χ3v) is 3.31. The summed E-state index contributed by atoms with van der Waals surface area (Å²) in [6.07, 6.45) is 1.80. The van der Waals surface area contributed by atoms with Crippen molar-refractivity contribution < 1.29 is 0 Å². The summed E-state index contributed by atoms with van der Waals surface area (Å²) < 4.78 is 2.84. The number of nitrogens with zero attached hydrogens (tertiary/aromatic N) is 2. The molecule has 68 valence electrons. The zero-order chi connectivity index (χ0) is 9.42. The van der Waals surface area contributed by atoms with Crippen LogP contribution in [0.25, 0.3) is 10.9 Å². The molecule has 1 heterocycles. The van der Waals surface area contributed by atoms with Gasteiger partial charge in [0.25, 0.3) is 0 Å². The molecule has 4 heteroatoms. The highest BCUT2D eigenvalue weighted by Crippen LogP contribution is 2.30. The van der Waals surface area contributed by atoms with Gasteiger partial charge >= 0.3 is 0 Å². The van der Waals surface area contributed by atoms with Crippen LogP contribution < -0.4 is 0 Å². The van der Waals surface area contributed by atoms with Gasteiger partial charge in [0.05, 0.1) is 16.7 Å². The fourth-order valence-corrected chi connectivity index (χ4v) is 1.90. The van der Waals surface area contributed by atoms with E-state index in [1.807, 2.05) is 16.8 Å². The van der Waals surface area contributed by atoms with E-state index in [1.54, 1.807) is 6.20 Å². The summed E-state index contributed by atoms with van der Waals surface area (Å²) in [6, 6.07) is 3.96. The summed E-state index contributed by atoms with van der Waals surface area (Å²) in [6.45, 7) is 2.92. The van der Waals surface area contributed by atoms with Crippen LogP contribution in [-0.2, 0) is 6.54 Å². The van der Waals surface area contributed by atoms with Crippen molar-refractivity contribution in [3.63, 3.8) is 0 Å². The topological polar surface area (TPSA) is 17.8 Å². The number of aromatic nitrogens is 2. The lowest BCUT2D eigenvalue weighted by Gasteiger charge is -2.00. The van der Waals surface area contributed by atoms with E-state index < -0.39 is 0 Å². The number of benzene rings is 1. The van der Waals surface area contributed by atoms with Crippen LogP contribution in [0.4, 0.5) is 0 Å². The van der Waals surface area contributed by atoms with Gasteiger partial charge in [-0.05, 0) is 35.0 Å². The van der Waals surface area contributed by atoms with Gasteiger partial charge in [-0.2, -0.15) is 5.10 Å². The summed E-state index contributed by atoms with van der Waals surface area (Å²) in [5, 5.41) is 5.96. The highest BCUT2D eigenvalue weighted by molar-refractivity contribution is 9.10. The van der Waals surface area contributed by atoms with Crippen molar-refractivity contribution in [1.82, 2.24) is 9.78 Å². The molecule has 0 spiro atoms. The van der Waals surface area contributed by atoms with Crippen molar-refractivity contribution in [1.29, 1.82) is 0 Å². The van der Waals surface area contributed by atoms with Crippen molar-refractivity contribution in [2.75, 3.05) is 0 Å². The Morgan fingerprint density at radius 3 is 3.00 bits per heavy atom. The Morgan fingerprint density at radius 1 is 1.54 bits per heavy atom. The maximum atomic E-state index is 6.10. The molecule has 0 saturated heterocycles. The second-order valence-electron chi connectivity index (χ2n) is 2.75. The van der Waals surface area contributed by atoms with E-state index in [0.29, 0.717) is 0 Å². The molecular formula is C9H8BrClN2. The molecule has 2 nitrogen and oxygen atoms in total. The summed E-state index contributed by atoms with van der Waals surface area (Å²) in [7, 11) is 0. The highest BCUT2D eigenvalue weighted by Gasteiger charge is 2.06. The molecule has 0 fully saturated rings. The van der Waals surface area contributed by atoms with Gasteiger partial charge in [0, 0.05) is 16.4 Å². The predicted octanol–water partition coefficient (Wildman–Crippen LogP) is 3.47. The molecule has 0 N–H and O–H groups in total. The summed E-state index contributed by atoms with van der Waals surface area (Å²) in [5.74, 6) is 0. The number of hydrogen-bond donors (Lipinski definition) is 0. The van der Waals surface area contributed by atoms with E-state index in [9.17, 15) is 0 Å². The lowest BCUT2D eigenvalue weighted by atomic mass is 10.2. The number of hydrogen-bond acceptors (Lipinski definition) is 1. The Kier molecular flexibility index (Phi) is 2.30. The first-order chi connectivity index (χ1) is 6.24. The molecule has 0 aliphatic carbocycles. The minimum absolute atomic E-state index is 0.734. The average Bonchev–Trinajstić information content (AvgIpc) is 2.55. The van der Waals surface area contributed by atoms with Crippen molar-refractivity contribution in [2.24, 2.45) is 0 Å². The van der Waals surface area contributed by atoms with Crippen LogP contribution in [0.1, 0.15) is 6.92 Å². The molecular weight excluding hydrogens is 251 g/mol. The first-order valence-electron chi connectivity index (χ1n) is 4.03. The summed E-state index contributed by atoms with van der Waals surface area (Å²) in [5.41, 5.74) is 1.08. The Morgan fingerprint density at radius 2 is 2.31 bits per heavy atom. The van der Waals surface area contributed by atoms with E-state index in [2.05, 4.69) is 28.0 Å². The van der Waals surface area contributed by atoms with Crippen LogP contribution >= 0.6 is 27.5 Å². The van der Waals surface area contributed by atoms with Gasteiger partial charge in [-0.3, -0.25) is 4.68 Å². The quantitative estimate of drug-likeness (QED) is 0.767. The summed E-state index contributed by atoms with van der Waals surface area (Å²) in [4.78, 5) is 0. The third kappa shape index (κ3) is 1.36. The van der Waals surface area contributed by atoms with Crippen LogP contribution in [0.5, 0.6) is 0 Å². The molecule has 0 amide bonds. The van der Waals surface area contributed by atoms with E-state index in [4.69, 9.17) is 11.6 Å². The molecule has 2 aromatic rings. The molecule has 2 rings (SSSR count). The number of rotatable bonds is 1. The van der Waals surface area contributed by atoms with Gasteiger partial charge in [0.1, 0.15) is 0 Å². The van der Waals surface area contributed by atoms with Crippen LogP contribution in [-0.4, -0.2) is 9.78 Å². The molecule has 13 heavy (non-hydrogen) atoms. The highest BCUT2D eigenvalue weighted by atomic mass is 79.9. The van der Waals surface area contributed by atoms with Crippen molar-refractivity contribution in [3.05, 3.63) is 27.8 Å². The van der Waals surface area contributed by atoms with E-state index >= 15 is 0 Å². The molecule has 0 bridgehead atoms. The Hall–Kier alpha value is -0.540. The normalized spacial score (nSPS) is 11.0. The molecule has 1 aromatic carbocycles. The molecule has 0 aliphatic rings. The molecule has 0 saturated carbocycles. The minimum Gasteiger partial charge on any atom is -0.265 e. The van der Waals surface area contributed by atoms with Crippen LogP contribution in [0.3, 0.4) is 0 Å². The maximum absolute atomic E-state index is 6.10. The van der Waals surface area contributed by atoms with Crippen molar-refractivity contribution >= 4 is 38.4 Å². The largest absolute Gasteiger partial charge is 0.265 e. The molecule has 0 aliphatic heterocycles. The van der Waals surface area contributed by atoms with Crippen LogP contribution in [0.15, 0.2) is 22.8 Å². The fourth-order valence-electron chi connectivity index (χ4n) is 1.35. The Labute approximate surface area is 89.6 Å². The van der Waals surface area contributed by atoms with Crippen molar-refractivity contribution in [2.45, 2.75) is 13.5 Å². The van der Waals surface area contributed by atoms with E-state index in [1.165, 1.54) is 0 Å². The third-order valence-electron chi connectivity index (χ3n) is 2.01. The number of halogens is 2. The van der Waals surface area contributed by atoms with Gasteiger partial charge in [-0.15, -0.1) is 0 Å². The minimum atomic E-state index is 0.734. The summed E-state index contributed by atoms with van der Waals surface area (Å²) >= 11 is 9.47. The second kappa shape index (κ2) is 3.31. The number of fused-ring (bicyclic) bond motifs is 1. The standard InChI is InChI=1S/C9H8BrClN2/c1-2-13-8-4-3-7(10)9(11)6(8)5-12-13/h3-5H,2H2,1H3. The first kappa shape index (κ1) is 9.03. The van der Waals surface area contributed by atoms with Gasteiger partial charge in [0.15, 0.2) is 0 Å². The Balaban J connectivity index is 2.81. The fraction of sp³-hybridized carbons (Fsp3) is 0.222. The van der Waals surface area contributed by atoms with Gasteiger partial charge in [-0.25, -0.2) is 0 Å². The zero-order valence-electron chi connectivity index (χ0n) is 7.09. The maximum Gasteiger partial charge on any atom is 0.0698 e. The average molecular weight is 260 g/mol. The second-order valence-corrected chi connectivity index (χ2v) is 3.99. The smallest absolute Gasteiger partial charge is 0.0698 e. The zero-order valence-corrected chi connectivity index (χ0v) is 9.43. The lowest BCUT2D eigenvalue weighted by molar-refractivity contribution is 0.684. The first-order valence-corrected chi connectivity index (χ1v) is 5.20. The van der Waals surface area contributed by atoms with E-state index in [-0.39, 0.29) is 0 Å². The molecule has 0 unspecified atom stereocenters. The lowest BCUT2D eigenvalue weighted by Crippen LogP contribution is -1.94. The van der Waals surface area contributed by atoms with Crippen LogP contribution in [0.2, 0.25) is 5.02 Å². The Bertz CT molecular complexity index is 450. The molecule has 1 aromatic heterocycles. The number of aryl methyl sites for hydroxylation is 1. The van der Waals surface area contributed by atoms with E-state index in [0.717, 1.165) is 26.9 Å².